The monoisotopic (exact) mass is 480 g/mol. The highest BCUT2D eigenvalue weighted by atomic mass is 32.2. The molecule has 0 fully saturated rings. The number of benzene rings is 3. The summed E-state index contributed by atoms with van der Waals surface area (Å²) in [5.74, 6) is 0.770. The maximum atomic E-state index is 12.8. The molecular formula is C27H32N2O4S. The lowest BCUT2D eigenvalue weighted by Crippen LogP contribution is -2.26. The smallest absolute Gasteiger partial charge is 0.264 e. The minimum absolute atomic E-state index is 0.151. The number of anilines is 2. The first-order chi connectivity index (χ1) is 16.1. The number of ether oxygens (including phenoxy) is 1. The molecule has 34 heavy (non-hydrogen) atoms. The second-order valence-electron chi connectivity index (χ2n) is 8.74. The summed E-state index contributed by atoms with van der Waals surface area (Å²) in [6.07, 6.45) is 0. The van der Waals surface area contributed by atoms with Crippen molar-refractivity contribution >= 4 is 27.3 Å². The predicted molar refractivity (Wildman–Crippen MR) is 137 cm³/mol. The van der Waals surface area contributed by atoms with Crippen LogP contribution in [0.3, 0.4) is 0 Å². The van der Waals surface area contributed by atoms with Crippen molar-refractivity contribution in [3.63, 3.8) is 0 Å². The fourth-order valence-electron chi connectivity index (χ4n) is 3.66. The summed E-state index contributed by atoms with van der Waals surface area (Å²) < 4.78 is 32.5. The molecule has 0 atom stereocenters. The van der Waals surface area contributed by atoms with Gasteiger partial charge >= 0.3 is 0 Å². The zero-order chi connectivity index (χ0) is 24.9. The van der Waals surface area contributed by atoms with Crippen molar-refractivity contribution in [3.8, 4) is 5.75 Å². The van der Waals surface area contributed by atoms with Gasteiger partial charge in [0.15, 0.2) is 6.61 Å². The molecular weight excluding hydrogens is 448 g/mol. The van der Waals surface area contributed by atoms with E-state index >= 15 is 0 Å². The van der Waals surface area contributed by atoms with Gasteiger partial charge in [0.25, 0.3) is 15.9 Å². The molecule has 0 unspecified atom stereocenters. The van der Waals surface area contributed by atoms with Gasteiger partial charge in [-0.25, -0.2) is 8.42 Å². The molecule has 3 rings (SSSR count). The lowest BCUT2D eigenvalue weighted by molar-refractivity contribution is -0.118. The number of nitrogens with one attached hydrogen (secondary N) is 1. The van der Waals surface area contributed by atoms with E-state index in [9.17, 15) is 13.2 Å². The molecule has 6 nitrogen and oxygen atoms in total. The summed E-state index contributed by atoms with van der Waals surface area (Å²) in [4.78, 5) is 12.9. The lowest BCUT2D eigenvalue weighted by Gasteiger charge is -2.20. The molecule has 0 aliphatic rings. The third-order valence-corrected chi connectivity index (χ3v) is 7.41. The van der Waals surface area contributed by atoms with Crippen molar-refractivity contribution in [1.82, 2.24) is 0 Å². The topological polar surface area (TPSA) is 75.7 Å². The van der Waals surface area contributed by atoms with Gasteiger partial charge in [-0.15, -0.1) is 0 Å². The summed E-state index contributed by atoms with van der Waals surface area (Å²) in [7, 11) is -2.16. The second-order valence-corrected chi connectivity index (χ2v) is 10.7. The number of amides is 1. The highest BCUT2D eigenvalue weighted by Crippen LogP contribution is 2.32. The zero-order valence-electron chi connectivity index (χ0n) is 20.3. The number of hydrogen-bond acceptors (Lipinski definition) is 4. The lowest BCUT2D eigenvalue weighted by atomic mass is 9.92. The normalized spacial score (nSPS) is 11.5. The molecule has 3 aromatic carbocycles. The minimum Gasteiger partial charge on any atom is -0.484 e. The van der Waals surface area contributed by atoms with Crippen LogP contribution in [0.1, 0.15) is 50.7 Å². The molecule has 3 aromatic rings. The first kappa shape index (κ1) is 25.3. The third-order valence-electron chi connectivity index (χ3n) is 5.61. The average Bonchev–Trinajstić information content (AvgIpc) is 2.83. The number of hydrogen-bond donors (Lipinski definition) is 1. The number of sulfonamides is 1. The number of rotatable bonds is 9. The predicted octanol–water partition coefficient (Wildman–Crippen LogP) is 5.78. The highest BCUT2D eigenvalue weighted by molar-refractivity contribution is 7.92. The van der Waals surface area contributed by atoms with Gasteiger partial charge in [0.05, 0.1) is 10.6 Å². The Hall–Kier alpha value is -3.32. The Bertz CT molecular complexity index is 1190. The van der Waals surface area contributed by atoms with Crippen LogP contribution in [0.25, 0.3) is 0 Å². The van der Waals surface area contributed by atoms with Gasteiger partial charge in [0, 0.05) is 12.7 Å². The van der Waals surface area contributed by atoms with Crippen molar-refractivity contribution in [1.29, 1.82) is 0 Å². The molecule has 0 bridgehead atoms. The van der Waals surface area contributed by atoms with Crippen LogP contribution in [0, 0.1) is 0 Å². The molecule has 0 aromatic heterocycles. The molecule has 0 aliphatic heterocycles. The maximum Gasteiger partial charge on any atom is 0.264 e. The van der Waals surface area contributed by atoms with Crippen molar-refractivity contribution in [2.24, 2.45) is 0 Å². The fraction of sp³-hybridized carbons (Fsp3) is 0.296. The standard InChI is InChI=1S/C27H32N2O4S/c1-19(2)24-12-9-13-25(20(3)4)27(24)28-26(30)18-33-22-16-14-21(15-17-22)29(5)34(31,32)23-10-7-6-8-11-23/h6-17,19-20H,18H2,1-5H3,(H,28,30). The van der Waals surface area contributed by atoms with Crippen LogP contribution in [-0.4, -0.2) is 28.0 Å². The van der Waals surface area contributed by atoms with E-state index in [0.29, 0.717) is 11.4 Å². The Balaban J connectivity index is 1.67. The Morgan fingerprint density at radius 3 is 1.94 bits per heavy atom. The summed E-state index contributed by atoms with van der Waals surface area (Å²) in [6.45, 7) is 8.25. The molecule has 1 amide bonds. The Morgan fingerprint density at radius 1 is 0.853 bits per heavy atom. The van der Waals surface area contributed by atoms with E-state index in [-0.39, 0.29) is 29.2 Å². The van der Waals surface area contributed by atoms with Gasteiger partial charge in [-0.1, -0.05) is 64.1 Å². The Labute approximate surface area is 202 Å². The minimum atomic E-state index is -3.66. The molecule has 0 spiro atoms. The molecule has 0 radical (unpaired) electrons. The van der Waals surface area contributed by atoms with Crippen LogP contribution in [-0.2, 0) is 14.8 Å². The quantitative estimate of drug-likeness (QED) is 0.421. The Morgan fingerprint density at radius 2 is 1.41 bits per heavy atom. The van der Waals surface area contributed by atoms with Gasteiger partial charge in [-0.3, -0.25) is 9.10 Å². The zero-order valence-corrected chi connectivity index (χ0v) is 21.1. The Kier molecular flexibility index (Phi) is 7.99. The van der Waals surface area contributed by atoms with Crippen LogP contribution in [0.4, 0.5) is 11.4 Å². The van der Waals surface area contributed by atoms with Gasteiger partial charge in [-0.2, -0.15) is 0 Å². The van der Waals surface area contributed by atoms with Gasteiger partial charge in [-0.05, 0) is 59.4 Å². The largest absolute Gasteiger partial charge is 0.484 e. The van der Waals surface area contributed by atoms with Crippen LogP contribution in [0.15, 0.2) is 77.7 Å². The maximum absolute atomic E-state index is 12.8. The van der Waals surface area contributed by atoms with E-state index < -0.39 is 10.0 Å². The molecule has 0 saturated carbocycles. The van der Waals surface area contributed by atoms with Gasteiger partial charge < -0.3 is 10.1 Å². The molecule has 180 valence electrons. The van der Waals surface area contributed by atoms with E-state index in [1.807, 2.05) is 18.2 Å². The average molecular weight is 481 g/mol. The first-order valence-corrected chi connectivity index (χ1v) is 12.7. The summed E-state index contributed by atoms with van der Waals surface area (Å²) in [6, 6.07) is 21.0. The van der Waals surface area contributed by atoms with E-state index in [4.69, 9.17) is 4.74 Å². The SMILES string of the molecule is CC(C)c1cccc(C(C)C)c1NC(=O)COc1ccc(N(C)S(=O)(=O)c2ccccc2)cc1. The van der Waals surface area contributed by atoms with Crippen LogP contribution in [0.2, 0.25) is 0 Å². The van der Waals surface area contributed by atoms with Crippen LogP contribution < -0.4 is 14.4 Å². The summed E-state index contributed by atoms with van der Waals surface area (Å²) in [5.41, 5.74) is 3.52. The summed E-state index contributed by atoms with van der Waals surface area (Å²) in [5, 5.41) is 3.03. The van der Waals surface area contributed by atoms with E-state index in [1.54, 1.807) is 54.6 Å². The van der Waals surface area contributed by atoms with Crippen LogP contribution >= 0.6 is 0 Å². The van der Waals surface area contributed by atoms with E-state index in [0.717, 1.165) is 16.8 Å². The third kappa shape index (κ3) is 5.78. The molecule has 7 heteroatoms. The van der Waals surface area contributed by atoms with Gasteiger partial charge in [0.1, 0.15) is 5.75 Å². The fourth-order valence-corrected chi connectivity index (χ4v) is 4.88. The van der Waals surface area contributed by atoms with E-state index in [2.05, 4.69) is 33.0 Å². The molecule has 1 N–H and O–H groups in total. The van der Waals surface area contributed by atoms with Crippen molar-refractivity contribution in [3.05, 3.63) is 83.9 Å². The molecule has 0 saturated heterocycles. The number of para-hydroxylation sites is 1. The van der Waals surface area contributed by atoms with Crippen LogP contribution in [0.5, 0.6) is 5.75 Å². The number of nitrogens with zero attached hydrogens (tertiary/aromatic N) is 1. The van der Waals surface area contributed by atoms with Crippen molar-refractivity contribution in [2.45, 2.75) is 44.4 Å². The highest BCUT2D eigenvalue weighted by Gasteiger charge is 2.21. The number of carbonyl (C=O) groups excluding carboxylic acids is 1. The second kappa shape index (κ2) is 10.7. The van der Waals surface area contributed by atoms with Crippen molar-refractivity contribution < 1.29 is 17.9 Å². The summed E-state index contributed by atoms with van der Waals surface area (Å²) >= 11 is 0. The molecule has 0 aliphatic carbocycles. The van der Waals surface area contributed by atoms with E-state index in [1.165, 1.54) is 11.4 Å². The first-order valence-electron chi connectivity index (χ1n) is 11.3. The van der Waals surface area contributed by atoms with Crippen molar-refractivity contribution in [2.75, 3.05) is 23.3 Å². The van der Waals surface area contributed by atoms with Gasteiger partial charge in [0.2, 0.25) is 0 Å². The molecule has 0 heterocycles. The number of carbonyl (C=O) groups is 1.